The van der Waals surface area contributed by atoms with E-state index >= 15 is 0 Å². The molecule has 0 saturated carbocycles. The first-order valence-electron chi connectivity index (χ1n) is 9.35. The molecule has 28 heavy (non-hydrogen) atoms. The molecule has 0 saturated heterocycles. The number of hydrogen-bond acceptors (Lipinski definition) is 2. The summed E-state index contributed by atoms with van der Waals surface area (Å²) in [4.78, 5) is 16.3. The highest BCUT2D eigenvalue weighted by molar-refractivity contribution is 5.80. The summed E-state index contributed by atoms with van der Waals surface area (Å²) in [5.74, 6) is -0.0559. The first kappa shape index (κ1) is 21.3. The number of nitrogens with zero attached hydrogens (tertiary/aromatic N) is 1. The van der Waals surface area contributed by atoms with Gasteiger partial charge in [0.1, 0.15) is 11.6 Å². The summed E-state index contributed by atoms with van der Waals surface area (Å²) in [6.07, 6.45) is 0.717. The summed E-state index contributed by atoms with van der Waals surface area (Å²) in [5, 5.41) is 9.05. The number of benzene rings is 2. The first-order chi connectivity index (χ1) is 13.6. The van der Waals surface area contributed by atoms with Gasteiger partial charge in [-0.1, -0.05) is 30.3 Å². The molecule has 7 heteroatoms. The highest BCUT2D eigenvalue weighted by atomic mass is 19.1. The summed E-state index contributed by atoms with van der Waals surface area (Å²) >= 11 is 0. The van der Waals surface area contributed by atoms with E-state index in [1.165, 1.54) is 18.2 Å². The zero-order chi connectivity index (χ0) is 20.2. The molecule has 2 rings (SSSR count). The lowest BCUT2D eigenvalue weighted by Gasteiger charge is -2.12. The number of carbonyl (C=O) groups excluding carboxylic acids is 1. The van der Waals surface area contributed by atoms with E-state index < -0.39 is 0 Å². The van der Waals surface area contributed by atoms with E-state index in [1.54, 1.807) is 30.3 Å². The molecule has 150 valence electrons. The first-order valence-corrected chi connectivity index (χ1v) is 9.35. The minimum absolute atomic E-state index is 0.130. The van der Waals surface area contributed by atoms with E-state index in [9.17, 15) is 13.6 Å². The van der Waals surface area contributed by atoms with Crippen LogP contribution in [0.1, 0.15) is 18.1 Å². The van der Waals surface area contributed by atoms with Gasteiger partial charge in [0, 0.05) is 26.2 Å². The van der Waals surface area contributed by atoms with Gasteiger partial charge in [-0.2, -0.15) is 0 Å². The molecule has 2 aromatic carbocycles. The molecular formula is C21H26F2N4O. The predicted molar refractivity (Wildman–Crippen MR) is 107 cm³/mol. The molecule has 0 spiro atoms. The van der Waals surface area contributed by atoms with Crippen molar-refractivity contribution in [2.45, 2.75) is 19.8 Å². The average molecular weight is 388 g/mol. The van der Waals surface area contributed by atoms with E-state index in [4.69, 9.17) is 0 Å². The summed E-state index contributed by atoms with van der Waals surface area (Å²) in [7, 11) is 0. The van der Waals surface area contributed by atoms with Gasteiger partial charge in [0.2, 0.25) is 5.91 Å². The van der Waals surface area contributed by atoms with Crippen LogP contribution in [-0.4, -0.2) is 38.0 Å². The maximum atomic E-state index is 13.6. The van der Waals surface area contributed by atoms with Crippen molar-refractivity contribution in [2.75, 3.05) is 26.2 Å². The van der Waals surface area contributed by atoms with Crippen LogP contribution in [0.5, 0.6) is 0 Å². The van der Waals surface area contributed by atoms with E-state index in [0.717, 1.165) is 5.56 Å². The van der Waals surface area contributed by atoms with E-state index in [0.29, 0.717) is 44.1 Å². The van der Waals surface area contributed by atoms with E-state index in [-0.39, 0.29) is 24.0 Å². The molecule has 0 aliphatic carbocycles. The number of nitrogens with one attached hydrogen (secondary N) is 3. The van der Waals surface area contributed by atoms with Crippen molar-refractivity contribution in [3.63, 3.8) is 0 Å². The Bertz CT molecular complexity index is 778. The minimum atomic E-state index is -0.321. The number of aliphatic imine (C=N–C) groups is 1. The van der Waals surface area contributed by atoms with Gasteiger partial charge in [0.25, 0.3) is 0 Å². The number of hydrogen-bond donors (Lipinski definition) is 3. The Morgan fingerprint density at radius 2 is 1.68 bits per heavy atom. The van der Waals surface area contributed by atoms with Gasteiger partial charge in [-0.25, -0.2) is 8.78 Å². The van der Waals surface area contributed by atoms with Gasteiger partial charge in [-0.15, -0.1) is 0 Å². The Morgan fingerprint density at radius 1 is 0.964 bits per heavy atom. The Morgan fingerprint density at radius 3 is 2.39 bits per heavy atom. The van der Waals surface area contributed by atoms with Crippen LogP contribution in [0.4, 0.5) is 8.78 Å². The monoisotopic (exact) mass is 388 g/mol. The zero-order valence-corrected chi connectivity index (χ0v) is 16.0. The minimum Gasteiger partial charge on any atom is -0.357 e. The van der Waals surface area contributed by atoms with Crippen LogP contribution in [0, 0.1) is 11.6 Å². The molecule has 0 aliphatic rings. The molecule has 0 aliphatic heterocycles. The molecule has 0 fully saturated rings. The normalized spacial score (nSPS) is 11.2. The van der Waals surface area contributed by atoms with Crippen LogP contribution < -0.4 is 16.0 Å². The fourth-order valence-electron chi connectivity index (χ4n) is 2.56. The van der Waals surface area contributed by atoms with Gasteiger partial charge in [-0.05, 0) is 42.7 Å². The van der Waals surface area contributed by atoms with Crippen LogP contribution in [0.15, 0.2) is 53.5 Å². The Kier molecular flexibility index (Phi) is 8.91. The van der Waals surface area contributed by atoms with Crippen molar-refractivity contribution in [1.82, 2.24) is 16.0 Å². The lowest BCUT2D eigenvalue weighted by molar-refractivity contribution is -0.120. The third-order valence-electron chi connectivity index (χ3n) is 3.97. The number of carbonyl (C=O) groups is 1. The van der Waals surface area contributed by atoms with E-state index in [2.05, 4.69) is 20.9 Å². The van der Waals surface area contributed by atoms with Crippen molar-refractivity contribution < 1.29 is 13.6 Å². The fraction of sp³-hybridized carbons (Fsp3) is 0.333. The Balaban J connectivity index is 1.71. The maximum absolute atomic E-state index is 13.6. The molecule has 0 atom stereocenters. The standard InChI is InChI=1S/C21H26F2N4O/c1-2-24-21(26-12-11-17-5-3-4-6-19(17)23)27-14-13-25-20(28)15-16-7-9-18(22)10-8-16/h3-10H,2,11-15H2,1H3,(H,25,28)(H2,24,26,27). The quantitative estimate of drug-likeness (QED) is 0.351. The highest BCUT2D eigenvalue weighted by Gasteiger charge is 2.04. The van der Waals surface area contributed by atoms with Gasteiger partial charge < -0.3 is 16.0 Å². The second-order valence-corrected chi connectivity index (χ2v) is 6.18. The van der Waals surface area contributed by atoms with Gasteiger partial charge in [0.15, 0.2) is 5.96 Å². The third-order valence-corrected chi connectivity index (χ3v) is 3.97. The molecule has 0 unspecified atom stereocenters. The molecule has 1 amide bonds. The van der Waals surface area contributed by atoms with Crippen LogP contribution in [-0.2, 0) is 17.6 Å². The molecule has 5 nitrogen and oxygen atoms in total. The third kappa shape index (κ3) is 7.73. The molecule has 0 bridgehead atoms. The number of halogens is 2. The van der Waals surface area contributed by atoms with Crippen molar-refractivity contribution in [3.8, 4) is 0 Å². The van der Waals surface area contributed by atoms with Gasteiger partial charge >= 0.3 is 0 Å². The predicted octanol–water partition coefficient (Wildman–Crippen LogP) is 2.42. The average Bonchev–Trinajstić information content (AvgIpc) is 2.68. The topological polar surface area (TPSA) is 65.5 Å². The summed E-state index contributed by atoms with van der Waals surface area (Å²) in [6, 6.07) is 12.5. The molecule has 3 N–H and O–H groups in total. The lowest BCUT2D eigenvalue weighted by atomic mass is 10.1. The largest absolute Gasteiger partial charge is 0.357 e. The second-order valence-electron chi connectivity index (χ2n) is 6.18. The van der Waals surface area contributed by atoms with Crippen LogP contribution >= 0.6 is 0 Å². The zero-order valence-electron chi connectivity index (χ0n) is 16.0. The molecule has 0 heterocycles. The smallest absolute Gasteiger partial charge is 0.224 e. The van der Waals surface area contributed by atoms with Crippen LogP contribution in [0.2, 0.25) is 0 Å². The number of guanidine groups is 1. The second kappa shape index (κ2) is 11.7. The molecule has 0 radical (unpaired) electrons. The summed E-state index contributed by atoms with van der Waals surface area (Å²) in [6.45, 7) is 4.03. The SMILES string of the molecule is CCNC(=NCCc1ccccc1F)NCCNC(=O)Cc1ccc(F)cc1. The number of amides is 1. The van der Waals surface area contributed by atoms with E-state index in [1.807, 2.05) is 6.92 Å². The van der Waals surface area contributed by atoms with Crippen LogP contribution in [0.3, 0.4) is 0 Å². The van der Waals surface area contributed by atoms with Crippen molar-refractivity contribution in [2.24, 2.45) is 4.99 Å². The molecule has 0 aromatic heterocycles. The lowest BCUT2D eigenvalue weighted by Crippen LogP contribution is -2.41. The summed E-state index contributed by atoms with van der Waals surface area (Å²) < 4.78 is 26.5. The van der Waals surface area contributed by atoms with Crippen molar-refractivity contribution in [3.05, 3.63) is 71.3 Å². The maximum Gasteiger partial charge on any atom is 0.224 e. The van der Waals surface area contributed by atoms with Gasteiger partial charge in [-0.3, -0.25) is 9.79 Å². The van der Waals surface area contributed by atoms with Gasteiger partial charge in [0.05, 0.1) is 6.42 Å². The van der Waals surface area contributed by atoms with Crippen molar-refractivity contribution >= 4 is 11.9 Å². The van der Waals surface area contributed by atoms with Crippen LogP contribution in [0.25, 0.3) is 0 Å². The molecule has 2 aromatic rings. The summed E-state index contributed by atoms with van der Waals surface area (Å²) in [5.41, 5.74) is 1.39. The fourth-order valence-corrected chi connectivity index (χ4v) is 2.56. The highest BCUT2D eigenvalue weighted by Crippen LogP contribution is 2.06. The molecular weight excluding hydrogens is 362 g/mol. The van der Waals surface area contributed by atoms with Crippen molar-refractivity contribution in [1.29, 1.82) is 0 Å². The Labute approximate surface area is 164 Å². The number of rotatable bonds is 9. The Hall–Kier alpha value is -2.96.